The van der Waals surface area contributed by atoms with Gasteiger partial charge in [-0.05, 0) is 65.0 Å². The van der Waals surface area contributed by atoms with Gasteiger partial charge in [-0.25, -0.2) is 8.78 Å². The molecule has 0 aliphatic carbocycles. The van der Waals surface area contributed by atoms with Crippen LogP contribution < -0.4 is 5.32 Å². The zero-order chi connectivity index (χ0) is 14.9. The van der Waals surface area contributed by atoms with Gasteiger partial charge in [-0.2, -0.15) is 0 Å². The van der Waals surface area contributed by atoms with Crippen molar-refractivity contribution in [3.05, 3.63) is 62.6 Å². The van der Waals surface area contributed by atoms with E-state index < -0.39 is 11.6 Å². The maximum Gasteiger partial charge on any atom is 0.150 e. The lowest BCUT2D eigenvalue weighted by molar-refractivity contribution is 0.583. The smallest absolute Gasteiger partial charge is 0.150 e. The number of rotatable bonds is 3. The van der Waals surface area contributed by atoms with Gasteiger partial charge in [0.05, 0.1) is 5.69 Å². The van der Waals surface area contributed by atoms with Crippen LogP contribution in [0.15, 0.2) is 28.7 Å². The summed E-state index contributed by atoms with van der Waals surface area (Å²) >= 11 is 3.17. The highest BCUT2D eigenvalue weighted by molar-refractivity contribution is 9.10. The molecule has 20 heavy (non-hydrogen) atoms. The Balaban J connectivity index is 2.23. The predicted molar refractivity (Wildman–Crippen MR) is 82.0 cm³/mol. The van der Waals surface area contributed by atoms with Gasteiger partial charge >= 0.3 is 0 Å². The summed E-state index contributed by atoms with van der Waals surface area (Å²) in [7, 11) is 0. The summed E-state index contributed by atoms with van der Waals surface area (Å²) < 4.78 is 27.1. The lowest BCUT2D eigenvalue weighted by atomic mass is 10.0. The molecule has 0 spiro atoms. The van der Waals surface area contributed by atoms with Crippen LogP contribution in [0.5, 0.6) is 0 Å². The van der Waals surface area contributed by atoms with Crippen molar-refractivity contribution in [2.75, 3.05) is 5.32 Å². The highest BCUT2D eigenvalue weighted by atomic mass is 79.9. The van der Waals surface area contributed by atoms with E-state index in [0.29, 0.717) is 11.0 Å². The van der Waals surface area contributed by atoms with Crippen molar-refractivity contribution in [3.63, 3.8) is 0 Å². The molecule has 0 unspecified atom stereocenters. The van der Waals surface area contributed by atoms with E-state index in [4.69, 9.17) is 0 Å². The van der Waals surface area contributed by atoms with E-state index in [1.165, 1.54) is 17.2 Å². The van der Waals surface area contributed by atoms with Crippen LogP contribution in [0, 0.1) is 32.4 Å². The van der Waals surface area contributed by atoms with Crippen LogP contribution in [0.4, 0.5) is 14.5 Å². The third-order valence-corrected chi connectivity index (χ3v) is 4.04. The van der Waals surface area contributed by atoms with E-state index in [-0.39, 0.29) is 5.69 Å². The highest BCUT2D eigenvalue weighted by Gasteiger charge is 2.10. The van der Waals surface area contributed by atoms with E-state index in [2.05, 4.69) is 40.3 Å². The Kier molecular flexibility index (Phi) is 4.43. The second kappa shape index (κ2) is 5.92. The van der Waals surface area contributed by atoms with Crippen molar-refractivity contribution in [2.24, 2.45) is 0 Å². The molecule has 0 saturated heterocycles. The second-order valence-corrected chi connectivity index (χ2v) is 5.82. The molecule has 2 aromatic rings. The molecule has 1 nitrogen and oxygen atoms in total. The van der Waals surface area contributed by atoms with Crippen LogP contribution in [0.3, 0.4) is 0 Å². The Morgan fingerprint density at radius 1 is 0.950 bits per heavy atom. The Morgan fingerprint density at radius 2 is 1.60 bits per heavy atom. The first kappa shape index (κ1) is 15.0. The largest absolute Gasteiger partial charge is 0.378 e. The van der Waals surface area contributed by atoms with Crippen molar-refractivity contribution >= 4 is 21.6 Å². The number of aryl methyl sites for hydroxylation is 3. The summed E-state index contributed by atoms with van der Waals surface area (Å²) in [5.41, 5.74) is 4.97. The molecule has 0 bridgehead atoms. The van der Waals surface area contributed by atoms with Crippen molar-refractivity contribution in [1.29, 1.82) is 0 Å². The Morgan fingerprint density at radius 3 is 2.25 bits per heavy atom. The van der Waals surface area contributed by atoms with Crippen LogP contribution >= 0.6 is 15.9 Å². The van der Waals surface area contributed by atoms with Crippen LogP contribution in [0.1, 0.15) is 22.3 Å². The molecule has 0 aliphatic heterocycles. The zero-order valence-electron chi connectivity index (χ0n) is 11.7. The van der Waals surface area contributed by atoms with Gasteiger partial charge in [0.1, 0.15) is 11.6 Å². The lowest BCUT2D eigenvalue weighted by Crippen LogP contribution is -2.05. The summed E-state index contributed by atoms with van der Waals surface area (Å²) in [6.45, 7) is 6.63. The molecule has 0 saturated carbocycles. The number of halogens is 3. The van der Waals surface area contributed by atoms with Crippen molar-refractivity contribution in [3.8, 4) is 0 Å². The monoisotopic (exact) mass is 339 g/mol. The minimum atomic E-state index is -0.599. The third-order valence-electron chi connectivity index (χ3n) is 3.41. The molecule has 2 rings (SSSR count). The zero-order valence-corrected chi connectivity index (χ0v) is 13.2. The molecule has 0 fully saturated rings. The summed E-state index contributed by atoms with van der Waals surface area (Å²) in [4.78, 5) is 0. The van der Waals surface area contributed by atoms with E-state index in [0.717, 1.165) is 17.2 Å². The molecular formula is C16H16BrF2N. The summed E-state index contributed by atoms with van der Waals surface area (Å²) in [6, 6.07) is 6.33. The summed E-state index contributed by atoms with van der Waals surface area (Å²) in [5, 5.41) is 3.02. The van der Waals surface area contributed by atoms with Gasteiger partial charge in [-0.15, -0.1) is 0 Å². The van der Waals surface area contributed by atoms with Gasteiger partial charge in [0.25, 0.3) is 0 Å². The Labute approximate surface area is 126 Å². The van der Waals surface area contributed by atoms with Crippen molar-refractivity contribution < 1.29 is 8.78 Å². The molecule has 0 amide bonds. The minimum absolute atomic E-state index is 0.282. The topological polar surface area (TPSA) is 12.0 Å². The average Bonchev–Trinajstić information content (AvgIpc) is 2.33. The molecule has 4 heteroatoms. The number of hydrogen-bond donors (Lipinski definition) is 1. The molecule has 2 aromatic carbocycles. The quantitative estimate of drug-likeness (QED) is 0.803. The van der Waals surface area contributed by atoms with Gasteiger partial charge in [0, 0.05) is 17.1 Å². The molecule has 0 heterocycles. The minimum Gasteiger partial charge on any atom is -0.378 e. The van der Waals surface area contributed by atoms with E-state index in [1.807, 2.05) is 13.8 Å². The summed E-state index contributed by atoms with van der Waals surface area (Å²) in [6.07, 6.45) is 0. The summed E-state index contributed by atoms with van der Waals surface area (Å²) in [5.74, 6) is -1.19. The van der Waals surface area contributed by atoms with Crippen molar-refractivity contribution in [2.45, 2.75) is 27.3 Å². The predicted octanol–water partition coefficient (Wildman–Crippen LogP) is 5.26. The molecule has 0 radical (unpaired) electrons. The van der Waals surface area contributed by atoms with Crippen LogP contribution in [0.2, 0.25) is 0 Å². The molecule has 106 valence electrons. The third kappa shape index (κ3) is 3.18. The fraction of sp³-hybridized carbons (Fsp3) is 0.250. The number of benzene rings is 2. The van der Waals surface area contributed by atoms with Crippen LogP contribution in [-0.4, -0.2) is 0 Å². The van der Waals surface area contributed by atoms with E-state index in [9.17, 15) is 8.78 Å². The lowest BCUT2D eigenvalue weighted by Gasteiger charge is -2.13. The SMILES string of the molecule is Cc1cc(C)c(CNc2c(F)cc(F)cc2Br)cc1C. The van der Waals surface area contributed by atoms with Gasteiger partial charge in [-0.1, -0.05) is 12.1 Å². The first-order chi connectivity index (χ1) is 9.38. The maximum absolute atomic E-state index is 13.7. The average molecular weight is 340 g/mol. The molecule has 0 aliphatic rings. The number of hydrogen-bond acceptors (Lipinski definition) is 1. The van der Waals surface area contributed by atoms with Crippen LogP contribution in [-0.2, 0) is 6.54 Å². The first-order valence-corrected chi connectivity index (χ1v) is 7.13. The standard InChI is InChI=1S/C16H16BrF2N/c1-9-4-11(3)12(5-10(9)2)8-20-16-14(17)6-13(18)7-15(16)19/h4-7,20H,8H2,1-3H3. The van der Waals surface area contributed by atoms with Gasteiger partial charge in [-0.3, -0.25) is 0 Å². The molecular weight excluding hydrogens is 324 g/mol. The normalized spacial score (nSPS) is 10.7. The highest BCUT2D eigenvalue weighted by Crippen LogP contribution is 2.27. The van der Waals surface area contributed by atoms with Gasteiger partial charge < -0.3 is 5.32 Å². The van der Waals surface area contributed by atoms with Crippen LogP contribution in [0.25, 0.3) is 0 Å². The Bertz CT molecular complexity index is 630. The number of anilines is 1. The second-order valence-electron chi connectivity index (χ2n) is 4.96. The maximum atomic E-state index is 13.7. The van der Waals surface area contributed by atoms with E-state index >= 15 is 0 Å². The number of nitrogens with one attached hydrogen (secondary N) is 1. The molecule has 0 aromatic heterocycles. The van der Waals surface area contributed by atoms with Crippen molar-refractivity contribution in [1.82, 2.24) is 0 Å². The first-order valence-electron chi connectivity index (χ1n) is 6.33. The molecule has 0 atom stereocenters. The van der Waals surface area contributed by atoms with E-state index in [1.54, 1.807) is 0 Å². The van der Waals surface area contributed by atoms with Gasteiger partial charge in [0.15, 0.2) is 0 Å². The van der Waals surface area contributed by atoms with Gasteiger partial charge in [0.2, 0.25) is 0 Å². The molecule has 1 N–H and O–H groups in total. The fourth-order valence-electron chi connectivity index (χ4n) is 2.11. The fourth-order valence-corrected chi connectivity index (χ4v) is 2.65. The Hall–Kier alpha value is -1.42.